The molecule has 0 fully saturated rings. The quantitative estimate of drug-likeness (QED) is 0.572. The monoisotopic (exact) mass is 422 g/mol. The highest BCUT2D eigenvalue weighted by Crippen LogP contribution is 2.43. The number of carbonyl (C=O) groups is 1. The zero-order valence-corrected chi connectivity index (χ0v) is 16.1. The number of hydrogen-bond acceptors (Lipinski definition) is 5. The molecule has 0 bridgehead atoms. The molecule has 1 aliphatic heterocycles. The minimum Gasteiger partial charge on any atom is -0.467 e. The predicted octanol–water partition coefficient (Wildman–Crippen LogP) is 5.11. The van der Waals surface area contributed by atoms with Crippen LogP contribution >= 0.6 is 11.8 Å². The summed E-state index contributed by atoms with van der Waals surface area (Å²) >= 11 is 1.45. The van der Waals surface area contributed by atoms with Gasteiger partial charge in [-0.25, -0.2) is 4.68 Å². The van der Waals surface area contributed by atoms with Crippen molar-refractivity contribution in [1.82, 2.24) is 9.78 Å². The Hall–Kier alpha value is -2.88. The number of amides is 1. The van der Waals surface area contributed by atoms with Gasteiger partial charge in [-0.1, -0.05) is 12.1 Å². The van der Waals surface area contributed by atoms with Crippen molar-refractivity contribution in [3.63, 3.8) is 0 Å². The van der Waals surface area contributed by atoms with Crippen molar-refractivity contribution in [3.05, 3.63) is 60.2 Å². The molecule has 2 N–H and O–H groups in total. The van der Waals surface area contributed by atoms with Crippen LogP contribution in [0.2, 0.25) is 0 Å². The van der Waals surface area contributed by atoms with Crippen LogP contribution in [-0.4, -0.2) is 28.1 Å². The van der Waals surface area contributed by atoms with Crippen LogP contribution in [0.25, 0.3) is 0 Å². The number of furan rings is 1. The van der Waals surface area contributed by atoms with Crippen LogP contribution in [0.3, 0.4) is 0 Å². The lowest BCUT2D eigenvalue weighted by Crippen LogP contribution is -2.35. The molecule has 1 aromatic carbocycles. The molecule has 6 nitrogen and oxygen atoms in total. The Balaban J connectivity index is 1.64. The van der Waals surface area contributed by atoms with Gasteiger partial charge in [0.2, 0.25) is 0 Å². The van der Waals surface area contributed by atoms with Crippen LogP contribution < -0.4 is 10.6 Å². The first kappa shape index (κ1) is 19.4. The molecule has 0 saturated carbocycles. The third kappa shape index (κ3) is 3.84. The first-order valence-corrected chi connectivity index (χ1v) is 10.00. The molecule has 3 aromatic rings. The van der Waals surface area contributed by atoms with Gasteiger partial charge >= 0.3 is 6.18 Å². The average Bonchev–Trinajstić information content (AvgIpc) is 3.36. The Kier molecular flexibility index (Phi) is 5.03. The summed E-state index contributed by atoms with van der Waals surface area (Å²) in [6, 6.07) is 9.19. The third-order valence-corrected chi connectivity index (χ3v) is 5.46. The van der Waals surface area contributed by atoms with E-state index in [9.17, 15) is 18.0 Å². The number of halogens is 3. The maximum absolute atomic E-state index is 13.7. The van der Waals surface area contributed by atoms with Crippen molar-refractivity contribution in [2.24, 2.45) is 0 Å². The molecule has 2 aromatic heterocycles. The normalized spacial score (nSPS) is 18.8. The van der Waals surface area contributed by atoms with Gasteiger partial charge in [0.05, 0.1) is 18.0 Å². The number of nitrogens with zero attached hydrogens (tertiary/aromatic N) is 2. The van der Waals surface area contributed by atoms with Gasteiger partial charge in [-0.3, -0.25) is 4.79 Å². The van der Waals surface area contributed by atoms with Gasteiger partial charge in [-0.2, -0.15) is 18.3 Å². The fraction of sp³-hybridized carbons (Fsp3) is 0.263. The molecule has 2 atom stereocenters. The molecule has 1 aliphatic rings. The Labute approximate surface area is 168 Å². The second-order valence-corrected chi connectivity index (χ2v) is 7.37. The van der Waals surface area contributed by atoms with Crippen LogP contribution in [-0.2, 0) is 0 Å². The van der Waals surface area contributed by atoms with Crippen LogP contribution in [0.4, 0.5) is 24.7 Å². The summed E-state index contributed by atoms with van der Waals surface area (Å²) in [7, 11) is 0. The van der Waals surface area contributed by atoms with Gasteiger partial charge in [0.25, 0.3) is 5.91 Å². The van der Waals surface area contributed by atoms with E-state index in [2.05, 4.69) is 15.7 Å². The van der Waals surface area contributed by atoms with Crippen molar-refractivity contribution >= 4 is 29.2 Å². The number of nitrogens with one attached hydrogen (secondary N) is 2. The number of thioether (sulfide) groups is 1. The zero-order valence-electron chi connectivity index (χ0n) is 15.2. The fourth-order valence-corrected chi connectivity index (χ4v) is 3.85. The minimum atomic E-state index is -4.52. The molecule has 0 saturated heterocycles. The van der Waals surface area contributed by atoms with Gasteiger partial charge in [0.1, 0.15) is 11.6 Å². The zero-order chi connectivity index (χ0) is 20.6. The van der Waals surface area contributed by atoms with E-state index < -0.39 is 24.2 Å². The number of aromatic nitrogens is 2. The molecule has 152 valence electrons. The number of fused-ring (bicyclic) bond motifs is 1. The van der Waals surface area contributed by atoms with E-state index in [0.717, 1.165) is 9.58 Å². The molecule has 4 rings (SSSR count). The topological polar surface area (TPSA) is 72.1 Å². The highest BCUT2D eigenvalue weighted by molar-refractivity contribution is 7.98. The number of alkyl halides is 3. The lowest BCUT2D eigenvalue weighted by Gasteiger charge is -2.32. The second kappa shape index (κ2) is 7.51. The Morgan fingerprint density at radius 3 is 2.79 bits per heavy atom. The Morgan fingerprint density at radius 1 is 1.31 bits per heavy atom. The highest BCUT2D eigenvalue weighted by atomic mass is 32.2. The van der Waals surface area contributed by atoms with Crippen molar-refractivity contribution in [2.75, 3.05) is 16.9 Å². The molecule has 29 heavy (non-hydrogen) atoms. The summed E-state index contributed by atoms with van der Waals surface area (Å²) in [6.07, 6.45) is -1.53. The summed E-state index contributed by atoms with van der Waals surface area (Å²) in [4.78, 5) is 13.5. The van der Waals surface area contributed by atoms with E-state index >= 15 is 0 Å². The Morgan fingerprint density at radius 2 is 2.10 bits per heavy atom. The summed E-state index contributed by atoms with van der Waals surface area (Å²) in [5, 5.41) is 9.65. The van der Waals surface area contributed by atoms with E-state index in [-0.39, 0.29) is 17.9 Å². The van der Waals surface area contributed by atoms with Crippen LogP contribution in [0.15, 0.2) is 58.0 Å². The lowest BCUT2D eigenvalue weighted by molar-refractivity contribution is -0.174. The van der Waals surface area contributed by atoms with Crippen molar-refractivity contribution in [1.29, 1.82) is 0 Å². The van der Waals surface area contributed by atoms with Crippen molar-refractivity contribution < 1.29 is 22.4 Å². The minimum absolute atomic E-state index is 0.0993. The molecule has 1 amide bonds. The van der Waals surface area contributed by atoms with E-state index in [0.29, 0.717) is 11.4 Å². The first-order valence-electron chi connectivity index (χ1n) is 8.77. The molecule has 3 heterocycles. The molecular weight excluding hydrogens is 405 g/mol. The van der Waals surface area contributed by atoms with Gasteiger partial charge in [-0.05, 0) is 30.5 Å². The maximum atomic E-state index is 13.7. The van der Waals surface area contributed by atoms with Crippen LogP contribution in [0.5, 0.6) is 0 Å². The standard InChI is InChI=1S/C19H17F3N4O2S/c1-29-15-7-3-2-5-11(15)24-18(27)13-10-17-23-12(14-6-4-8-28-14)9-16(19(20,21)22)26(17)25-13/h2-8,10,12,16,23H,9H2,1H3,(H,24,27). The first-order chi connectivity index (χ1) is 13.9. The molecular formula is C19H17F3N4O2S. The fourth-order valence-electron chi connectivity index (χ4n) is 3.29. The van der Waals surface area contributed by atoms with Gasteiger partial charge in [-0.15, -0.1) is 11.8 Å². The van der Waals surface area contributed by atoms with E-state index in [1.54, 1.807) is 24.3 Å². The van der Waals surface area contributed by atoms with Crippen molar-refractivity contribution in [3.8, 4) is 0 Å². The molecule has 0 spiro atoms. The predicted molar refractivity (Wildman–Crippen MR) is 103 cm³/mol. The SMILES string of the molecule is CSc1ccccc1NC(=O)c1cc2n(n1)C(C(F)(F)F)CC(c1ccco1)N2. The largest absolute Gasteiger partial charge is 0.467 e. The summed E-state index contributed by atoms with van der Waals surface area (Å²) in [5.74, 6) is -0.0689. The third-order valence-electron chi connectivity index (χ3n) is 4.66. The van der Waals surface area contributed by atoms with E-state index in [4.69, 9.17) is 4.42 Å². The average molecular weight is 422 g/mol. The number of para-hydroxylation sites is 1. The molecule has 2 unspecified atom stereocenters. The number of hydrogen-bond donors (Lipinski definition) is 2. The highest BCUT2D eigenvalue weighted by Gasteiger charge is 2.47. The van der Waals surface area contributed by atoms with Crippen molar-refractivity contribution in [2.45, 2.75) is 29.6 Å². The maximum Gasteiger partial charge on any atom is 0.410 e. The summed E-state index contributed by atoms with van der Waals surface area (Å²) < 4.78 is 47.1. The number of carbonyl (C=O) groups excluding carboxylic acids is 1. The second-order valence-electron chi connectivity index (χ2n) is 6.52. The molecule has 0 aliphatic carbocycles. The molecule has 0 radical (unpaired) electrons. The van der Waals surface area contributed by atoms with Crippen LogP contribution in [0.1, 0.15) is 34.8 Å². The van der Waals surface area contributed by atoms with Gasteiger partial charge < -0.3 is 15.1 Å². The van der Waals surface area contributed by atoms with Crippen LogP contribution in [0, 0.1) is 0 Å². The van der Waals surface area contributed by atoms with E-state index in [1.165, 1.54) is 24.1 Å². The van der Waals surface area contributed by atoms with Gasteiger partial charge in [0, 0.05) is 17.4 Å². The molecule has 10 heteroatoms. The van der Waals surface area contributed by atoms with E-state index in [1.807, 2.05) is 18.4 Å². The smallest absolute Gasteiger partial charge is 0.410 e. The summed E-state index contributed by atoms with van der Waals surface area (Å²) in [6.45, 7) is 0. The number of benzene rings is 1. The summed E-state index contributed by atoms with van der Waals surface area (Å²) in [5.41, 5.74) is 0.475. The number of anilines is 2. The van der Waals surface area contributed by atoms with Gasteiger partial charge in [0.15, 0.2) is 11.7 Å². The Bertz CT molecular complexity index is 1020. The lowest BCUT2D eigenvalue weighted by atomic mass is 10.0. The number of rotatable bonds is 4.